The first kappa shape index (κ1) is 44.8. The van der Waals surface area contributed by atoms with Gasteiger partial charge in [0, 0.05) is 12.8 Å². The summed E-state index contributed by atoms with van der Waals surface area (Å²) in [7, 11) is -4.74. The zero-order valence-corrected chi connectivity index (χ0v) is 30.6. The highest BCUT2D eigenvalue weighted by Gasteiger charge is 2.22. The van der Waals surface area contributed by atoms with Crippen LogP contribution < -0.4 is 0 Å². The molecule has 1 unspecified atom stereocenters. The fraction of sp³-hybridized carbons (Fsp3) is 0.892. The standard InChI is InChI=1S/C37H71O8P/c1-3-5-7-9-11-12-13-14-15-16-17-18-19-20-21-22-23-24-26-28-30-32-37(39)45-35(34-44-46(40,41)42)33-43-36(38)31-29-27-25-10-8-6-4-2/h16-17,35H,3-15,18-34H2,1-2H3,(H2,40,41,42)/b17-16-. The van der Waals surface area contributed by atoms with E-state index in [1.54, 1.807) is 0 Å². The van der Waals surface area contributed by atoms with Gasteiger partial charge in [-0.15, -0.1) is 0 Å². The zero-order valence-electron chi connectivity index (χ0n) is 29.7. The monoisotopic (exact) mass is 674 g/mol. The Morgan fingerprint density at radius 3 is 1.33 bits per heavy atom. The van der Waals surface area contributed by atoms with E-state index in [2.05, 4.69) is 30.5 Å². The van der Waals surface area contributed by atoms with Crippen LogP contribution in [-0.4, -0.2) is 41.0 Å². The number of rotatable bonds is 35. The van der Waals surface area contributed by atoms with Crippen molar-refractivity contribution in [2.24, 2.45) is 0 Å². The van der Waals surface area contributed by atoms with E-state index in [1.807, 2.05) is 0 Å². The number of allylic oxidation sites excluding steroid dienone is 2. The van der Waals surface area contributed by atoms with E-state index in [4.69, 9.17) is 19.3 Å². The molecule has 0 heterocycles. The Kier molecular flexibility index (Phi) is 32.8. The van der Waals surface area contributed by atoms with Crippen LogP contribution in [0.4, 0.5) is 0 Å². The summed E-state index contributed by atoms with van der Waals surface area (Å²) in [6.07, 6.45) is 35.3. The Balaban J connectivity index is 3.82. The van der Waals surface area contributed by atoms with E-state index in [1.165, 1.54) is 122 Å². The van der Waals surface area contributed by atoms with Crippen molar-refractivity contribution in [3.05, 3.63) is 12.2 Å². The van der Waals surface area contributed by atoms with Gasteiger partial charge in [0.25, 0.3) is 0 Å². The molecule has 0 spiro atoms. The van der Waals surface area contributed by atoms with Gasteiger partial charge < -0.3 is 19.3 Å². The Morgan fingerprint density at radius 2 is 0.913 bits per heavy atom. The first-order valence-electron chi connectivity index (χ1n) is 19.0. The topological polar surface area (TPSA) is 119 Å². The maximum absolute atomic E-state index is 12.3. The van der Waals surface area contributed by atoms with Gasteiger partial charge in [-0.1, -0.05) is 154 Å². The van der Waals surface area contributed by atoms with Gasteiger partial charge >= 0.3 is 19.8 Å². The molecule has 8 nitrogen and oxygen atoms in total. The highest BCUT2D eigenvalue weighted by atomic mass is 31.2. The molecular weight excluding hydrogens is 603 g/mol. The lowest BCUT2D eigenvalue weighted by Crippen LogP contribution is -2.29. The molecule has 1 atom stereocenters. The Morgan fingerprint density at radius 1 is 0.543 bits per heavy atom. The van der Waals surface area contributed by atoms with Crippen molar-refractivity contribution in [2.45, 2.75) is 200 Å². The highest BCUT2D eigenvalue weighted by molar-refractivity contribution is 7.46. The number of carbonyl (C=O) groups is 2. The normalized spacial score (nSPS) is 12.5. The third kappa shape index (κ3) is 35.6. The van der Waals surface area contributed by atoms with E-state index in [0.29, 0.717) is 6.42 Å². The van der Waals surface area contributed by atoms with Crippen molar-refractivity contribution < 1.29 is 37.9 Å². The maximum Gasteiger partial charge on any atom is 0.469 e. The summed E-state index contributed by atoms with van der Waals surface area (Å²) in [6.45, 7) is 3.63. The number of hydrogen-bond donors (Lipinski definition) is 2. The predicted molar refractivity (Wildman–Crippen MR) is 189 cm³/mol. The predicted octanol–water partition coefficient (Wildman–Crippen LogP) is 11.1. The molecule has 46 heavy (non-hydrogen) atoms. The highest BCUT2D eigenvalue weighted by Crippen LogP contribution is 2.36. The molecule has 0 amide bonds. The third-order valence-electron chi connectivity index (χ3n) is 8.28. The summed E-state index contributed by atoms with van der Waals surface area (Å²) in [4.78, 5) is 42.5. The van der Waals surface area contributed by atoms with Crippen LogP contribution in [0.5, 0.6) is 0 Å². The summed E-state index contributed by atoms with van der Waals surface area (Å²) in [6, 6.07) is 0. The molecule has 0 aromatic carbocycles. The number of phosphoric ester groups is 1. The van der Waals surface area contributed by atoms with Crippen molar-refractivity contribution in [2.75, 3.05) is 13.2 Å². The molecule has 0 fully saturated rings. The molecule has 0 aromatic rings. The molecule has 0 aliphatic carbocycles. The second-order valence-corrected chi connectivity index (χ2v) is 14.1. The Labute approximate surface area is 282 Å². The molecule has 0 saturated carbocycles. The molecular formula is C37H71O8P. The second kappa shape index (κ2) is 33.7. The van der Waals surface area contributed by atoms with Gasteiger partial charge in [0.05, 0.1) is 6.61 Å². The summed E-state index contributed by atoms with van der Waals surface area (Å²) < 4.78 is 26.2. The van der Waals surface area contributed by atoms with E-state index in [0.717, 1.165) is 38.5 Å². The van der Waals surface area contributed by atoms with Gasteiger partial charge in [-0.3, -0.25) is 14.1 Å². The summed E-state index contributed by atoms with van der Waals surface area (Å²) in [5, 5.41) is 0. The van der Waals surface area contributed by atoms with Gasteiger partial charge in [0.2, 0.25) is 0 Å². The van der Waals surface area contributed by atoms with Crippen LogP contribution in [0.3, 0.4) is 0 Å². The van der Waals surface area contributed by atoms with E-state index >= 15 is 0 Å². The largest absolute Gasteiger partial charge is 0.469 e. The van der Waals surface area contributed by atoms with Crippen LogP contribution >= 0.6 is 7.82 Å². The number of ether oxygens (including phenoxy) is 2. The fourth-order valence-electron chi connectivity index (χ4n) is 5.43. The van der Waals surface area contributed by atoms with E-state index in [9.17, 15) is 14.2 Å². The number of carbonyl (C=O) groups excluding carboxylic acids is 2. The molecule has 9 heteroatoms. The van der Waals surface area contributed by atoms with Gasteiger partial charge in [-0.2, -0.15) is 0 Å². The minimum atomic E-state index is -4.74. The van der Waals surface area contributed by atoms with Crippen LogP contribution in [0.1, 0.15) is 194 Å². The average Bonchev–Trinajstić information content (AvgIpc) is 3.02. The average molecular weight is 675 g/mol. The van der Waals surface area contributed by atoms with Crippen LogP contribution in [-0.2, 0) is 28.2 Å². The van der Waals surface area contributed by atoms with Crippen molar-refractivity contribution >= 4 is 19.8 Å². The van der Waals surface area contributed by atoms with Crippen LogP contribution in [0.25, 0.3) is 0 Å². The number of esters is 2. The van der Waals surface area contributed by atoms with Crippen molar-refractivity contribution in [1.82, 2.24) is 0 Å². The molecule has 272 valence electrons. The van der Waals surface area contributed by atoms with Crippen molar-refractivity contribution in [3.63, 3.8) is 0 Å². The fourth-order valence-corrected chi connectivity index (χ4v) is 5.79. The molecule has 0 bridgehead atoms. The second-order valence-electron chi connectivity index (χ2n) is 12.9. The molecule has 0 rings (SSSR count). The van der Waals surface area contributed by atoms with Gasteiger partial charge in [0.15, 0.2) is 6.10 Å². The lowest BCUT2D eigenvalue weighted by atomic mass is 10.1. The Bertz CT molecular complexity index is 766. The maximum atomic E-state index is 12.3. The van der Waals surface area contributed by atoms with Crippen molar-refractivity contribution in [1.29, 1.82) is 0 Å². The van der Waals surface area contributed by atoms with Crippen LogP contribution in [0, 0.1) is 0 Å². The summed E-state index contributed by atoms with van der Waals surface area (Å²) in [5.74, 6) is -0.888. The van der Waals surface area contributed by atoms with Gasteiger partial charge in [0.1, 0.15) is 6.61 Å². The number of phosphoric acid groups is 1. The van der Waals surface area contributed by atoms with Gasteiger partial charge in [-0.25, -0.2) is 4.57 Å². The molecule has 0 aliphatic heterocycles. The molecule has 0 radical (unpaired) electrons. The lowest BCUT2D eigenvalue weighted by Gasteiger charge is -2.18. The SMILES string of the molecule is CCCCCCCCCC/C=C\CCCCCCCCCCCC(=O)OC(COC(=O)CCCCCCCCC)COP(=O)(O)O. The van der Waals surface area contributed by atoms with Crippen LogP contribution in [0.15, 0.2) is 12.2 Å². The molecule has 0 saturated heterocycles. The zero-order chi connectivity index (χ0) is 34.0. The molecule has 0 aliphatic rings. The lowest BCUT2D eigenvalue weighted by molar-refractivity contribution is -0.161. The minimum absolute atomic E-state index is 0.213. The van der Waals surface area contributed by atoms with Crippen LogP contribution in [0.2, 0.25) is 0 Å². The van der Waals surface area contributed by atoms with E-state index < -0.39 is 32.5 Å². The first-order chi connectivity index (χ1) is 22.3. The molecule has 0 aromatic heterocycles. The smallest absolute Gasteiger partial charge is 0.462 e. The number of hydrogen-bond acceptors (Lipinski definition) is 6. The van der Waals surface area contributed by atoms with Crippen molar-refractivity contribution in [3.8, 4) is 0 Å². The summed E-state index contributed by atoms with van der Waals surface area (Å²) in [5.41, 5.74) is 0. The third-order valence-corrected chi connectivity index (χ3v) is 8.77. The minimum Gasteiger partial charge on any atom is -0.462 e. The molecule has 2 N–H and O–H groups in total. The number of unbranched alkanes of at least 4 members (excludes halogenated alkanes) is 23. The summed E-state index contributed by atoms with van der Waals surface area (Å²) >= 11 is 0. The first-order valence-corrected chi connectivity index (χ1v) is 20.5. The van der Waals surface area contributed by atoms with E-state index in [-0.39, 0.29) is 19.4 Å². The quantitative estimate of drug-likeness (QED) is 0.0295. The Hall–Kier alpha value is -1.21. The van der Waals surface area contributed by atoms with Gasteiger partial charge in [-0.05, 0) is 38.5 Å².